The van der Waals surface area contributed by atoms with Gasteiger partial charge in [-0.1, -0.05) is 39.7 Å². The van der Waals surface area contributed by atoms with Gasteiger partial charge in [0, 0.05) is 11.9 Å². The number of hydrogen-bond donors (Lipinski definition) is 1. The van der Waals surface area contributed by atoms with Gasteiger partial charge < -0.3 is 4.98 Å². The fourth-order valence-corrected chi connectivity index (χ4v) is 1.90. The van der Waals surface area contributed by atoms with Crippen molar-refractivity contribution >= 4 is 26.8 Å². The third-order valence-corrected chi connectivity index (χ3v) is 3.61. The van der Waals surface area contributed by atoms with Gasteiger partial charge >= 0.3 is 5.69 Å². The number of alkyl halides is 1. The maximum absolute atomic E-state index is 12.2. The number of aromatic nitrogens is 2. The molecule has 0 spiro atoms. The highest BCUT2D eigenvalue weighted by molar-refractivity contribution is 9.09. The number of rotatable bonds is 3. The molecule has 2 aromatic rings. The minimum atomic E-state index is -0.377. The highest BCUT2D eigenvalue weighted by Crippen LogP contribution is 2.03. The molecule has 0 atom stereocenters. The van der Waals surface area contributed by atoms with E-state index in [-0.39, 0.29) is 17.8 Å². The van der Waals surface area contributed by atoms with Crippen LogP contribution in [0.2, 0.25) is 0 Å². The molecule has 1 aromatic heterocycles. The first kappa shape index (κ1) is 12.8. The van der Waals surface area contributed by atoms with Crippen molar-refractivity contribution in [1.29, 1.82) is 0 Å². The summed E-state index contributed by atoms with van der Waals surface area (Å²) in [6, 6.07) is 7.01. The van der Waals surface area contributed by atoms with Gasteiger partial charge in [-0.05, 0) is 19.1 Å². The molecule has 94 valence electrons. The van der Waals surface area contributed by atoms with E-state index in [1.807, 2.05) is 13.0 Å². The summed E-state index contributed by atoms with van der Waals surface area (Å²) in [5.74, 6) is 0. The Bertz CT molecular complexity index is 713. The Morgan fingerprint density at radius 3 is 2.83 bits per heavy atom. The van der Waals surface area contributed by atoms with Crippen LogP contribution in [0.25, 0.3) is 10.9 Å². The van der Waals surface area contributed by atoms with Gasteiger partial charge in [0.25, 0.3) is 5.56 Å². The standard InChI is InChI=1S/C13H13BrN2O2/c1-9(8-14)6-7-16-12(17)10-4-2-3-5-11(10)15-13(16)18/h2-6H,7-8H2,1H3,(H,15,18)/b9-6+. The van der Waals surface area contributed by atoms with Gasteiger partial charge in [0.2, 0.25) is 0 Å². The second-order valence-corrected chi connectivity index (χ2v) is 4.64. The fraction of sp³-hybridized carbons (Fsp3) is 0.231. The Morgan fingerprint density at radius 2 is 2.11 bits per heavy atom. The van der Waals surface area contributed by atoms with E-state index in [1.54, 1.807) is 24.3 Å². The molecule has 0 unspecified atom stereocenters. The molecule has 0 aliphatic carbocycles. The Morgan fingerprint density at radius 1 is 1.39 bits per heavy atom. The number of halogens is 1. The molecule has 0 aliphatic rings. The third-order valence-electron chi connectivity index (χ3n) is 2.72. The lowest BCUT2D eigenvalue weighted by Gasteiger charge is -2.04. The lowest BCUT2D eigenvalue weighted by atomic mass is 10.2. The predicted molar refractivity (Wildman–Crippen MR) is 76.4 cm³/mol. The number of allylic oxidation sites excluding steroid dienone is 2. The summed E-state index contributed by atoms with van der Waals surface area (Å²) in [6.45, 7) is 2.23. The van der Waals surface area contributed by atoms with Gasteiger partial charge in [0.05, 0.1) is 10.9 Å². The Balaban J connectivity index is 2.58. The van der Waals surface area contributed by atoms with Crippen LogP contribution in [0.5, 0.6) is 0 Å². The number of benzene rings is 1. The molecule has 0 bridgehead atoms. The van der Waals surface area contributed by atoms with E-state index in [1.165, 1.54) is 4.57 Å². The van der Waals surface area contributed by atoms with Gasteiger partial charge in [-0.25, -0.2) is 4.79 Å². The minimum Gasteiger partial charge on any atom is -0.307 e. The first-order valence-corrected chi connectivity index (χ1v) is 6.69. The number of fused-ring (bicyclic) bond motifs is 1. The molecule has 0 saturated carbocycles. The van der Waals surface area contributed by atoms with Crippen LogP contribution in [0.4, 0.5) is 0 Å². The van der Waals surface area contributed by atoms with Gasteiger partial charge in [0.15, 0.2) is 0 Å². The molecule has 0 saturated heterocycles. The zero-order valence-corrected chi connectivity index (χ0v) is 11.5. The maximum Gasteiger partial charge on any atom is 0.329 e. The van der Waals surface area contributed by atoms with Gasteiger partial charge in [-0.2, -0.15) is 0 Å². The molecular formula is C13H13BrN2O2. The number of nitrogens with zero attached hydrogens (tertiary/aromatic N) is 1. The SMILES string of the molecule is C/C(=C\Cn1c(=O)[nH]c2ccccc2c1=O)CBr. The third kappa shape index (κ3) is 2.46. The van der Waals surface area contributed by atoms with E-state index in [2.05, 4.69) is 20.9 Å². The maximum atomic E-state index is 12.2. The van der Waals surface area contributed by atoms with E-state index >= 15 is 0 Å². The monoisotopic (exact) mass is 308 g/mol. The molecule has 1 aromatic carbocycles. The minimum absolute atomic E-state index is 0.257. The summed E-state index contributed by atoms with van der Waals surface area (Å²) >= 11 is 3.32. The van der Waals surface area contributed by atoms with E-state index < -0.39 is 0 Å². The summed E-state index contributed by atoms with van der Waals surface area (Å²) in [6.07, 6.45) is 1.86. The normalized spacial score (nSPS) is 12.0. The van der Waals surface area contributed by atoms with Crippen LogP contribution >= 0.6 is 15.9 Å². The van der Waals surface area contributed by atoms with Crippen molar-refractivity contribution in [3.8, 4) is 0 Å². The van der Waals surface area contributed by atoms with E-state index in [4.69, 9.17) is 0 Å². The van der Waals surface area contributed by atoms with Gasteiger partial charge in [0.1, 0.15) is 0 Å². The van der Waals surface area contributed by atoms with Crippen molar-refractivity contribution in [2.24, 2.45) is 0 Å². The van der Waals surface area contributed by atoms with Gasteiger partial charge in [-0.3, -0.25) is 9.36 Å². The lowest BCUT2D eigenvalue weighted by molar-refractivity contribution is 0.724. The molecule has 18 heavy (non-hydrogen) atoms. The molecule has 0 fully saturated rings. The number of hydrogen-bond acceptors (Lipinski definition) is 2. The molecule has 2 rings (SSSR count). The van der Waals surface area contributed by atoms with Crippen LogP contribution in [-0.4, -0.2) is 14.9 Å². The van der Waals surface area contributed by atoms with Crippen molar-refractivity contribution in [1.82, 2.24) is 9.55 Å². The fourth-order valence-electron chi connectivity index (χ4n) is 1.67. The number of nitrogens with one attached hydrogen (secondary N) is 1. The van der Waals surface area contributed by atoms with Crippen LogP contribution in [0.1, 0.15) is 6.92 Å². The van der Waals surface area contributed by atoms with Crippen LogP contribution in [0.15, 0.2) is 45.5 Å². The van der Waals surface area contributed by atoms with Crippen molar-refractivity contribution in [3.05, 3.63) is 56.8 Å². The van der Waals surface area contributed by atoms with E-state index in [0.717, 1.165) is 10.9 Å². The second kappa shape index (κ2) is 5.35. The lowest BCUT2D eigenvalue weighted by Crippen LogP contribution is -2.34. The zero-order chi connectivity index (χ0) is 13.1. The number of para-hydroxylation sites is 1. The predicted octanol–water partition coefficient (Wildman–Crippen LogP) is 2.03. The molecule has 4 nitrogen and oxygen atoms in total. The zero-order valence-electron chi connectivity index (χ0n) is 9.94. The van der Waals surface area contributed by atoms with Crippen LogP contribution in [0, 0.1) is 0 Å². The average molecular weight is 309 g/mol. The number of aromatic amines is 1. The second-order valence-electron chi connectivity index (χ2n) is 4.08. The summed E-state index contributed by atoms with van der Waals surface area (Å²) < 4.78 is 1.20. The topological polar surface area (TPSA) is 54.9 Å². The van der Waals surface area contributed by atoms with E-state index in [0.29, 0.717) is 10.9 Å². The molecule has 1 heterocycles. The summed E-state index contributed by atoms with van der Waals surface area (Å²) in [5.41, 5.74) is 1.02. The first-order chi connectivity index (χ1) is 8.63. The van der Waals surface area contributed by atoms with Crippen molar-refractivity contribution in [3.63, 3.8) is 0 Å². The molecule has 0 radical (unpaired) electrons. The molecule has 0 aliphatic heterocycles. The molecular weight excluding hydrogens is 296 g/mol. The molecule has 0 amide bonds. The Hall–Kier alpha value is -1.62. The molecule has 5 heteroatoms. The number of H-pyrrole nitrogens is 1. The summed E-state index contributed by atoms with van der Waals surface area (Å²) in [4.78, 5) is 26.7. The van der Waals surface area contributed by atoms with Gasteiger partial charge in [-0.15, -0.1) is 0 Å². The van der Waals surface area contributed by atoms with Crippen molar-refractivity contribution in [2.75, 3.05) is 5.33 Å². The highest BCUT2D eigenvalue weighted by Gasteiger charge is 2.05. The van der Waals surface area contributed by atoms with Crippen molar-refractivity contribution < 1.29 is 0 Å². The van der Waals surface area contributed by atoms with Crippen LogP contribution in [-0.2, 0) is 6.54 Å². The Kier molecular flexibility index (Phi) is 3.81. The largest absolute Gasteiger partial charge is 0.329 e. The van der Waals surface area contributed by atoms with E-state index in [9.17, 15) is 9.59 Å². The highest BCUT2D eigenvalue weighted by atomic mass is 79.9. The van der Waals surface area contributed by atoms with Crippen LogP contribution in [0.3, 0.4) is 0 Å². The smallest absolute Gasteiger partial charge is 0.307 e. The van der Waals surface area contributed by atoms with Crippen LogP contribution < -0.4 is 11.2 Å². The molecule has 1 N–H and O–H groups in total. The average Bonchev–Trinajstić information content (AvgIpc) is 2.38. The first-order valence-electron chi connectivity index (χ1n) is 5.57. The Labute approximate surface area is 112 Å². The quantitative estimate of drug-likeness (QED) is 0.697. The van der Waals surface area contributed by atoms with Crippen molar-refractivity contribution in [2.45, 2.75) is 13.5 Å². The summed E-state index contributed by atoms with van der Waals surface area (Å²) in [7, 11) is 0. The summed E-state index contributed by atoms with van der Waals surface area (Å²) in [5, 5.41) is 1.26.